The van der Waals surface area contributed by atoms with Gasteiger partial charge in [-0.3, -0.25) is 4.79 Å². The van der Waals surface area contributed by atoms with Gasteiger partial charge < -0.3 is 9.47 Å². The van der Waals surface area contributed by atoms with Crippen LogP contribution in [0.4, 0.5) is 0 Å². The maximum Gasteiger partial charge on any atom is 0.354 e. The number of amides is 1. The molecule has 1 N–H and O–H groups in total. The fraction of sp³-hybridized carbons (Fsp3) is 0.357. The Labute approximate surface area is 116 Å². The van der Waals surface area contributed by atoms with E-state index < -0.39 is 5.97 Å². The average molecular weight is 276 g/mol. The summed E-state index contributed by atoms with van der Waals surface area (Å²) in [6.07, 6.45) is 0.567. The van der Waals surface area contributed by atoms with Crippen molar-refractivity contribution < 1.29 is 19.1 Å². The lowest BCUT2D eigenvalue weighted by atomic mass is 10.2. The van der Waals surface area contributed by atoms with Crippen molar-refractivity contribution in [2.75, 3.05) is 13.2 Å². The highest BCUT2D eigenvalue weighted by atomic mass is 16.6. The number of esters is 1. The van der Waals surface area contributed by atoms with Gasteiger partial charge in [0.05, 0.1) is 0 Å². The molecule has 0 saturated heterocycles. The van der Waals surface area contributed by atoms with Crippen LogP contribution in [-0.2, 0) is 14.3 Å². The molecular formula is C14H16N2O4. The van der Waals surface area contributed by atoms with E-state index >= 15 is 0 Å². The minimum atomic E-state index is -0.516. The number of nitrogens with one attached hydrogen (secondary N) is 1. The van der Waals surface area contributed by atoms with Gasteiger partial charge in [-0.05, 0) is 24.6 Å². The van der Waals surface area contributed by atoms with Crippen LogP contribution in [-0.4, -0.2) is 30.8 Å². The number of rotatable bonds is 5. The maximum atomic E-state index is 11.6. The summed E-state index contributed by atoms with van der Waals surface area (Å²) < 4.78 is 10.5. The quantitative estimate of drug-likeness (QED) is 0.647. The van der Waals surface area contributed by atoms with Crippen LogP contribution >= 0.6 is 0 Å². The number of hydrogen-bond acceptors (Lipinski definition) is 5. The van der Waals surface area contributed by atoms with Crippen LogP contribution in [0.25, 0.3) is 0 Å². The van der Waals surface area contributed by atoms with E-state index in [-0.39, 0.29) is 31.3 Å². The largest absolute Gasteiger partial charge is 0.490 e. The molecule has 6 heteroatoms. The Morgan fingerprint density at radius 2 is 2.20 bits per heavy atom. The van der Waals surface area contributed by atoms with Crippen molar-refractivity contribution in [3.05, 3.63) is 29.8 Å². The summed E-state index contributed by atoms with van der Waals surface area (Å²) in [7, 11) is 0. The van der Waals surface area contributed by atoms with Crippen molar-refractivity contribution in [1.29, 1.82) is 0 Å². The topological polar surface area (TPSA) is 77.0 Å². The molecule has 6 nitrogen and oxygen atoms in total. The van der Waals surface area contributed by atoms with Gasteiger partial charge in [-0.25, -0.2) is 10.2 Å². The summed E-state index contributed by atoms with van der Waals surface area (Å²) in [5.41, 5.74) is 3.59. The average Bonchev–Trinajstić information content (AvgIpc) is 2.44. The molecule has 1 amide bonds. The highest BCUT2D eigenvalue weighted by Crippen LogP contribution is 2.12. The van der Waals surface area contributed by atoms with Gasteiger partial charge in [-0.15, -0.1) is 0 Å². The van der Waals surface area contributed by atoms with Crippen molar-refractivity contribution in [2.24, 2.45) is 5.10 Å². The van der Waals surface area contributed by atoms with E-state index in [1.165, 1.54) is 0 Å². The lowest BCUT2D eigenvalue weighted by Crippen LogP contribution is -2.31. The van der Waals surface area contributed by atoms with Crippen LogP contribution in [0.5, 0.6) is 5.75 Å². The van der Waals surface area contributed by atoms with Crippen LogP contribution in [0.15, 0.2) is 29.4 Å². The summed E-state index contributed by atoms with van der Waals surface area (Å²) in [4.78, 5) is 22.5. The number of carbonyl (C=O) groups is 2. The highest BCUT2D eigenvalue weighted by molar-refractivity contribution is 6.37. The first kappa shape index (κ1) is 14.0. The Morgan fingerprint density at radius 3 is 2.90 bits per heavy atom. The Bertz CT molecular complexity index is 540. The van der Waals surface area contributed by atoms with Gasteiger partial charge in [0.2, 0.25) is 5.91 Å². The third-order valence-electron chi connectivity index (χ3n) is 2.71. The number of hydrazone groups is 1. The van der Waals surface area contributed by atoms with E-state index in [2.05, 4.69) is 10.5 Å². The van der Waals surface area contributed by atoms with Crippen LogP contribution in [0.1, 0.15) is 18.4 Å². The van der Waals surface area contributed by atoms with Gasteiger partial charge in [0.1, 0.15) is 24.7 Å². The second kappa shape index (κ2) is 6.70. The van der Waals surface area contributed by atoms with Crippen molar-refractivity contribution in [2.45, 2.75) is 19.8 Å². The van der Waals surface area contributed by atoms with Crippen LogP contribution in [0, 0.1) is 6.92 Å². The summed E-state index contributed by atoms with van der Waals surface area (Å²) in [5.74, 6) is 0.0329. The molecule has 2 rings (SSSR count). The van der Waals surface area contributed by atoms with E-state index in [1.807, 2.05) is 31.2 Å². The monoisotopic (exact) mass is 276 g/mol. The SMILES string of the molecule is Cc1cccc(OCCOC(=O)C2=NNC(=O)CC2)c1. The molecule has 0 spiro atoms. The molecule has 106 valence electrons. The van der Waals surface area contributed by atoms with Crippen LogP contribution in [0.2, 0.25) is 0 Å². The second-order valence-corrected chi connectivity index (χ2v) is 4.39. The highest BCUT2D eigenvalue weighted by Gasteiger charge is 2.19. The first-order chi connectivity index (χ1) is 9.65. The predicted octanol–water partition coefficient (Wildman–Crippen LogP) is 1.18. The fourth-order valence-electron chi connectivity index (χ4n) is 1.70. The molecule has 0 saturated carbocycles. The number of nitrogens with zero attached hydrogens (tertiary/aromatic N) is 1. The molecule has 0 unspecified atom stereocenters. The Balaban J connectivity index is 1.71. The standard InChI is InChI=1S/C14H16N2O4/c1-10-3-2-4-11(9-10)19-7-8-20-14(18)12-5-6-13(17)16-15-12/h2-4,9H,5-8H2,1H3,(H,16,17). The van der Waals surface area contributed by atoms with E-state index in [1.54, 1.807) is 0 Å². The molecule has 0 bridgehead atoms. The van der Waals surface area contributed by atoms with E-state index in [4.69, 9.17) is 9.47 Å². The molecule has 0 aromatic heterocycles. The molecule has 1 aliphatic rings. The van der Waals surface area contributed by atoms with E-state index in [0.717, 1.165) is 11.3 Å². The van der Waals surface area contributed by atoms with Gasteiger partial charge in [0.15, 0.2) is 0 Å². The zero-order valence-corrected chi connectivity index (χ0v) is 11.2. The maximum absolute atomic E-state index is 11.6. The molecule has 0 radical (unpaired) electrons. The summed E-state index contributed by atoms with van der Waals surface area (Å²) in [6, 6.07) is 7.62. The molecule has 0 fully saturated rings. The summed E-state index contributed by atoms with van der Waals surface area (Å²) in [6.45, 7) is 2.39. The van der Waals surface area contributed by atoms with Gasteiger partial charge in [0.25, 0.3) is 0 Å². The van der Waals surface area contributed by atoms with Gasteiger partial charge in [-0.2, -0.15) is 5.10 Å². The Morgan fingerprint density at radius 1 is 1.35 bits per heavy atom. The number of benzene rings is 1. The van der Waals surface area contributed by atoms with Crippen molar-refractivity contribution in [1.82, 2.24) is 5.43 Å². The molecule has 0 aliphatic carbocycles. The Kier molecular flexibility index (Phi) is 4.70. The number of aryl methyl sites for hydroxylation is 1. The van der Waals surface area contributed by atoms with Crippen molar-refractivity contribution in [3.8, 4) is 5.75 Å². The molecule has 1 aromatic rings. The third-order valence-corrected chi connectivity index (χ3v) is 2.71. The smallest absolute Gasteiger partial charge is 0.354 e. The lowest BCUT2D eigenvalue weighted by Gasteiger charge is -2.11. The third kappa shape index (κ3) is 4.08. The summed E-state index contributed by atoms with van der Waals surface area (Å²) in [5, 5.41) is 3.66. The molecule has 20 heavy (non-hydrogen) atoms. The van der Waals surface area contributed by atoms with Gasteiger partial charge in [-0.1, -0.05) is 12.1 Å². The molecule has 1 heterocycles. The number of ether oxygens (including phenoxy) is 2. The van der Waals surface area contributed by atoms with Gasteiger partial charge in [0, 0.05) is 12.8 Å². The normalized spacial score (nSPS) is 14.2. The molecule has 0 atom stereocenters. The molecule has 1 aliphatic heterocycles. The summed E-state index contributed by atoms with van der Waals surface area (Å²) >= 11 is 0. The number of carbonyl (C=O) groups excluding carboxylic acids is 2. The fourth-order valence-corrected chi connectivity index (χ4v) is 1.70. The minimum Gasteiger partial charge on any atom is -0.490 e. The molecule has 1 aromatic carbocycles. The number of hydrogen-bond donors (Lipinski definition) is 1. The predicted molar refractivity (Wildman–Crippen MR) is 72.4 cm³/mol. The van der Waals surface area contributed by atoms with Gasteiger partial charge >= 0.3 is 5.97 Å². The first-order valence-corrected chi connectivity index (χ1v) is 6.37. The van der Waals surface area contributed by atoms with Crippen LogP contribution < -0.4 is 10.2 Å². The minimum absolute atomic E-state index is 0.139. The zero-order valence-electron chi connectivity index (χ0n) is 11.2. The Hall–Kier alpha value is -2.37. The van der Waals surface area contributed by atoms with E-state index in [0.29, 0.717) is 6.42 Å². The second-order valence-electron chi connectivity index (χ2n) is 4.39. The van der Waals surface area contributed by atoms with E-state index in [9.17, 15) is 9.59 Å². The molecular weight excluding hydrogens is 260 g/mol. The lowest BCUT2D eigenvalue weighted by molar-refractivity contribution is -0.136. The zero-order chi connectivity index (χ0) is 14.4. The van der Waals surface area contributed by atoms with Crippen LogP contribution in [0.3, 0.4) is 0 Å². The first-order valence-electron chi connectivity index (χ1n) is 6.37. The van der Waals surface area contributed by atoms with Crippen molar-refractivity contribution >= 4 is 17.6 Å². The van der Waals surface area contributed by atoms with Crippen molar-refractivity contribution in [3.63, 3.8) is 0 Å².